The SMILES string of the molecule is NN=Cc1ccc(OC(=O)c2cccc3ccccc23)cc1. The fraction of sp³-hybridized carbons (Fsp3) is 0. The molecule has 0 aliphatic rings. The number of esters is 1. The van der Waals surface area contributed by atoms with Crippen molar-refractivity contribution < 1.29 is 9.53 Å². The van der Waals surface area contributed by atoms with Gasteiger partial charge < -0.3 is 10.6 Å². The average molecular weight is 290 g/mol. The first-order valence-electron chi connectivity index (χ1n) is 6.81. The van der Waals surface area contributed by atoms with Crippen LogP contribution in [0.5, 0.6) is 5.75 Å². The van der Waals surface area contributed by atoms with E-state index in [1.54, 1.807) is 30.3 Å². The van der Waals surface area contributed by atoms with Gasteiger partial charge in [-0.05, 0) is 46.7 Å². The van der Waals surface area contributed by atoms with Crippen molar-refractivity contribution in [3.05, 3.63) is 77.9 Å². The van der Waals surface area contributed by atoms with Gasteiger partial charge in [0.05, 0.1) is 11.8 Å². The van der Waals surface area contributed by atoms with Gasteiger partial charge in [-0.1, -0.05) is 36.4 Å². The second kappa shape index (κ2) is 6.10. The van der Waals surface area contributed by atoms with E-state index in [2.05, 4.69) is 5.10 Å². The number of nitrogens with zero attached hydrogens (tertiary/aromatic N) is 1. The van der Waals surface area contributed by atoms with Crippen molar-refractivity contribution in [1.29, 1.82) is 0 Å². The van der Waals surface area contributed by atoms with Crippen LogP contribution in [-0.4, -0.2) is 12.2 Å². The first-order chi connectivity index (χ1) is 10.8. The van der Waals surface area contributed by atoms with E-state index in [1.807, 2.05) is 36.4 Å². The summed E-state index contributed by atoms with van der Waals surface area (Å²) in [5.74, 6) is 5.19. The van der Waals surface area contributed by atoms with Gasteiger partial charge >= 0.3 is 5.97 Å². The molecule has 0 aromatic heterocycles. The first-order valence-corrected chi connectivity index (χ1v) is 6.81. The zero-order valence-corrected chi connectivity index (χ0v) is 11.8. The minimum atomic E-state index is -0.378. The number of hydrogen-bond acceptors (Lipinski definition) is 4. The molecule has 4 nitrogen and oxygen atoms in total. The Morgan fingerprint density at radius 3 is 2.45 bits per heavy atom. The molecule has 0 saturated carbocycles. The van der Waals surface area contributed by atoms with Crippen LogP contribution in [-0.2, 0) is 0 Å². The number of nitrogens with two attached hydrogens (primary N) is 1. The molecule has 3 rings (SSSR count). The quantitative estimate of drug-likeness (QED) is 0.264. The number of carbonyl (C=O) groups is 1. The first kappa shape index (κ1) is 13.8. The molecule has 0 bridgehead atoms. The van der Waals surface area contributed by atoms with Crippen molar-refractivity contribution in [3.8, 4) is 5.75 Å². The summed E-state index contributed by atoms with van der Waals surface area (Å²) in [6.07, 6.45) is 1.52. The second-order valence-corrected chi connectivity index (χ2v) is 4.76. The summed E-state index contributed by atoms with van der Waals surface area (Å²) in [5, 5.41) is 5.33. The van der Waals surface area contributed by atoms with Crippen LogP contribution in [0.2, 0.25) is 0 Å². The summed E-state index contributed by atoms with van der Waals surface area (Å²) in [6, 6.07) is 20.3. The zero-order valence-electron chi connectivity index (χ0n) is 11.8. The fourth-order valence-electron chi connectivity index (χ4n) is 2.27. The molecular formula is C18H14N2O2. The predicted molar refractivity (Wildman–Crippen MR) is 87.1 cm³/mol. The third-order valence-electron chi connectivity index (χ3n) is 3.32. The van der Waals surface area contributed by atoms with Gasteiger partial charge in [0.15, 0.2) is 0 Å². The molecule has 0 aliphatic heterocycles. The van der Waals surface area contributed by atoms with Gasteiger partial charge in [-0.3, -0.25) is 0 Å². The smallest absolute Gasteiger partial charge is 0.344 e. The number of rotatable bonds is 3. The Bertz CT molecular complexity index is 834. The highest BCUT2D eigenvalue weighted by molar-refractivity contribution is 6.05. The van der Waals surface area contributed by atoms with E-state index in [-0.39, 0.29) is 5.97 Å². The molecule has 0 atom stereocenters. The summed E-state index contributed by atoms with van der Waals surface area (Å²) >= 11 is 0. The van der Waals surface area contributed by atoms with Crippen LogP contribution in [0, 0.1) is 0 Å². The molecule has 108 valence electrons. The Labute approximate surface area is 127 Å². The van der Waals surface area contributed by atoms with Gasteiger partial charge in [0.1, 0.15) is 5.75 Å². The van der Waals surface area contributed by atoms with Crippen LogP contribution in [0.15, 0.2) is 71.8 Å². The van der Waals surface area contributed by atoms with Gasteiger partial charge in [-0.15, -0.1) is 0 Å². The third-order valence-corrected chi connectivity index (χ3v) is 3.32. The van der Waals surface area contributed by atoms with Gasteiger partial charge in [0, 0.05) is 0 Å². The van der Waals surface area contributed by atoms with Crippen molar-refractivity contribution in [1.82, 2.24) is 0 Å². The Hall–Kier alpha value is -3.14. The van der Waals surface area contributed by atoms with Crippen molar-refractivity contribution in [2.75, 3.05) is 0 Å². The van der Waals surface area contributed by atoms with Crippen LogP contribution < -0.4 is 10.6 Å². The largest absolute Gasteiger partial charge is 0.423 e. The second-order valence-electron chi connectivity index (χ2n) is 4.76. The van der Waals surface area contributed by atoms with E-state index in [0.717, 1.165) is 16.3 Å². The summed E-state index contributed by atoms with van der Waals surface area (Å²) in [4.78, 5) is 12.4. The maximum Gasteiger partial charge on any atom is 0.344 e. The summed E-state index contributed by atoms with van der Waals surface area (Å²) < 4.78 is 5.43. The molecule has 0 fully saturated rings. The van der Waals surface area contributed by atoms with E-state index in [9.17, 15) is 4.79 Å². The molecule has 0 saturated heterocycles. The molecule has 0 radical (unpaired) electrons. The number of ether oxygens (including phenoxy) is 1. The Kier molecular flexibility index (Phi) is 3.83. The van der Waals surface area contributed by atoms with Crippen LogP contribution in [0.3, 0.4) is 0 Å². The molecule has 0 amide bonds. The zero-order chi connectivity index (χ0) is 15.4. The Morgan fingerprint density at radius 1 is 0.955 bits per heavy atom. The minimum absolute atomic E-state index is 0.378. The van der Waals surface area contributed by atoms with Crippen LogP contribution in [0.1, 0.15) is 15.9 Å². The molecule has 0 spiro atoms. The molecular weight excluding hydrogens is 276 g/mol. The molecule has 22 heavy (non-hydrogen) atoms. The summed E-state index contributed by atoms with van der Waals surface area (Å²) in [5.41, 5.74) is 1.39. The van der Waals surface area contributed by atoms with Crippen LogP contribution in [0.4, 0.5) is 0 Å². The van der Waals surface area contributed by atoms with Crippen molar-refractivity contribution in [2.24, 2.45) is 10.9 Å². The van der Waals surface area contributed by atoms with Gasteiger partial charge in [-0.2, -0.15) is 5.10 Å². The number of hydrazone groups is 1. The highest BCUT2D eigenvalue weighted by Crippen LogP contribution is 2.21. The fourth-order valence-corrected chi connectivity index (χ4v) is 2.27. The molecule has 0 aliphatic carbocycles. The van der Waals surface area contributed by atoms with E-state index >= 15 is 0 Å². The normalized spacial score (nSPS) is 10.9. The average Bonchev–Trinajstić information content (AvgIpc) is 2.56. The summed E-state index contributed by atoms with van der Waals surface area (Å²) in [7, 11) is 0. The standard InChI is InChI=1S/C18H14N2O2/c19-20-12-13-8-10-15(11-9-13)22-18(21)17-7-3-5-14-4-1-2-6-16(14)17/h1-12H,19H2. The number of fused-ring (bicyclic) bond motifs is 1. The topological polar surface area (TPSA) is 64.7 Å². The van der Waals surface area contributed by atoms with E-state index < -0.39 is 0 Å². The number of benzene rings is 3. The minimum Gasteiger partial charge on any atom is -0.423 e. The number of hydrogen-bond donors (Lipinski definition) is 1. The molecule has 4 heteroatoms. The highest BCUT2D eigenvalue weighted by Gasteiger charge is 2.11. The van der Waals surface area contributed by atoms with E-state index in [0.29, 0.717) is 11.3 Å². The van der Waals surface area contributed by atoms with Crippen LogP contribution >= 0.6 is 0 Å². The molecule has 2 N–H and O–H groups in total. The molecule has 3 aromatic rings. The maximum absolute atomic E-state index is 12.4. The molecule has 3 aromatic carbocycles. The van der Waals surface area contributed by atoms with Crippen LogP contribution in [0.25, 0.3) is 10.8 Å². The lowest BCUT2D eigenvalue weighted by atomic mass is 10.0. The van der Waals surface area contributed by atoms with Crippen molar-refractivity contribution in [3.63, 3.8) is 0 Å². The summed E-state index contributed by atoms with van der Waals surface area (Å²) in [6.45, 7) is 0. The third kappa shape index (κ3) is 2.81. The van der Waals surface area contributed by atoms with Gasteiger partial charge in [-0.25, -0.2) is 4.79 Å². The highest BCUT2D eigenvalue weighted by atomic mass is 16.5. The lowest BCUT2D eigenvalue weighted by Crippen LogP contribution is -2.09. The molecule has 0 unspecified atom stereocenters. The lowest BCUT2D eigenvalue weighted by molar-refractivity contribution is 0.0737. The van der Waals surface area contributed by atoms with Gasteiger partial charge in [0.2, 0.25) is 0 Å². The van der Waals surface area contributed by atoms with Gasteiger partial charge in [0.25, 0.3) is 0 Å². The van der Waals surface area contributed by atoms with Crippen molar-refractivity contribution in [2.45, 2.75) is 0 Å². The van der Waals surface area contributed by atoms with E-state index in [1.165, 1.54) is 6.21 Å². The van der Waals surface area contributed by atoms with Crippen molar-refractivity contribution >= 4 is 23.0 Å². The van der Waals surface area contributed by atoms with E-state index in [4.69, 9.17) is 10.6 Å². The molecule has 0 heterocycles. The monoisotopic (exact) mass is 290 g/mol. The lowest BCUT2D eigenvalue weighted by Gasteiger charge is -2.07. The predicted octanol–water partition coefficient (Wildman–Crippen LogP) is 3.35. The maximum atomic E-state index is 12.4. The number of carbonyl (C=O) groups excluding carboxylic acids is 1. The Morgan fingerprint density at radius 2 is 1.68 bits per heavy atom. The Balaban J connectivity index is 1.87.